The molecule has 3 rings (SSSR count). The fourth-order valence-corrected chi connectivity index (χ4v) is 3.11. The summed E-state index contributed by atoms with van der Waals surface area (Å²) in [5.74, 6) is 0.666. The average molecular weight is 230 g/mol. The Morgan fingerprint density at radius 2 is 1.82 bits per heavy atom. The van der Waals surface area contributed by atoms with Crippen molar-refractivity contribution in [1.82, 2.24) is 10.6 Å². The topological polar surface area (TPSA) is 41.1 Å². The molecule has 1 saturated carbocycles. The first kappa shape index (κ1) is 10.6. The van der Waals surface area contributed by atoms with Crippen LogP contribution in [0, 0.1) is 0 Å². The van der Waals surface area contributed by atoms with E-state index in [2.05, 4.69) is 41.0 Å². The maximum Gasteiger partial charge on any atom is 0.315 e. The van der Waals surface area contributed by atoms with Crippen LogP contribution in [-0.4, -0.2) is 18.1 Å². The molecule has 0 aromatic heterocycles. The second kappa shape index (κ2) is 4.06. The molecule has 1 aliphatic carbocycles. The van der Waals surface area contributed by atoms with Gasteiger partial charge in [0.25, 0.3) is 0 Å². The summed E-state index contributed by atoms with van der Waals surface area (Å²) in [5.41, 5.74) is 1.49. The van der Waals surface area contributed by atoms with Crippen LogP contribution in [0.5, 0.6) is 0 Å². The molecule has 3 heteroatoms. The summed E-state index contributed by atoms with van der Waals surface area (Å²) in [4.78, 5) is 11.2. The molecule has 2 amide bonds. The van der Waals surface area contributed by atoms with Gasteiger partial charge in [0.1, 0.15) is 0 Å². The van der Waals surface area contributed by atoms with Crippen LogP contribution >= 0.6 is 0 Å². The standard InChI is InChI=1S/C14H18N2O/c17-13-15-10-14(16-13)8-6-12(7-9-14)11-4-2-1-3-5-11/h1-5,12H,6-10H2,(H2,15,16,17). The number of amides is 2. The Morgan fingerprint density at radius 1 is 1.12 bits per heavy atom. The van der Waals surface area contributed by atoms with E-state index in [0.29, 0.717) is 5.92 Å². The molecule has 3 nitrogen and oxygen atoms in total. The number of carbonyl (C=O) groups excluding carboxylic acids is 1. The molecule has 1 aromatic carbocycles. The van der Waals surface area contributed by atoms with Crippen LogP contribution in [0.15, 0.2) is 30.3 Å². The number of carbonyl (C=O) groups is 1. The van der Waals surface area contributed by atoms with E-state index in [1.165, 1.54) is 18.4 Å². The molecular formula is C14H18N2O. The molecule has 1 heterocycles. The molecule has 1 saturated heterocycles. The quantitative estimate of drug-likeness (QED) is 0.764. The maximum atomic E-state index is 11.2. The van der Waals surface area contributed by atoms with E-state index in [1.54, 1.807) is 0 Å². The zero-order chi connectivity index (χ0) is 11.7. The molecule has 0 atom stereocenters. The van der Waals surface area contributed by atoms with Gasteiger partial charge in [-0.1, -0.05) is 30.3 Å². The molecule has 2 N–H and O–H groups in total. The van der Waals surface area contributed by atoms with Crippen LogP contribution in [-0.2, 0) is 0 Å². The zero-order valence-electron chi connectivity index (χ0n) is 9.91. The van der Waals surface area contributed by atoms with Gasteiger partial charge in [0.05, 0.1) is 5.54 Å². The molecule has 1 spiro atoms. The van der Waals surface area contributed by atoms with E-state index in [0.717, 1.165) is 19.4 Å². The molecule has 1 aromatic rings. The second-order valence-corrected chi connectivity index (χ2v) is 5.27. The van der Waals surface area contributed by atoms with Crippen molar-refractivity contribution >= 4 is 6.03 Å². The molecule has 90 valence electrons. The van der Waals surface area contributed by atoms with Gasteiger partial charge in [0.15, 0.2) is 0 Å². The van der Waals surface area contributed by atoms with Crippen molar-refractivity contribution in [2.24, 2.45) is 0 Å². The van der Waals surface area contributed by atoms with Gasteiger partial charge in [0.2, 0.25) is 0 Å². The summed E-state index contributed by atoms with van der Waals surface area (Å²) in [6.45, 7) is 0.799. The van der Waals surface area contributed by atoms with Gasteiger partial charge in [0, 0.05) is 6.54 Å². The summed E-state index contributed by atoms with van der Waals surface area (Å²) in [6.07, 6.45) is 4.52. The summed E-state index contributed by atoms with van der Waals surface area (Å²) in [6, 6.07) is 10.7. The Hall–Kier alpha value is -1.51. The van der Waals surface area contributed by atoms with Crippen LogP contribution in [0.4, 0.5) is 4.79 Å². The van der Waals surface area contributed by atoms with Crippen LogP contribution in [0.2, 0.25) is 0 Å². The van der Waals surface area contributed by atoms with E-state index in [-0.39, 0.29) is 11.6 Å². The molecule has 0 radical (unpaired) electrons. The normalized spacial score (nSPS) is 32.2. The van der Waals surface area contributed by atoms with Gasteiger partial charge < -0.3 is 10.6 Å². The number of urea groups is 1. The first-order valence-electron chi connectivity index (χ1n) is 6.38. The lowest BCUT2D eigenvalue weighted by molar-refractivity contribution is 0.231. The molecular weight excluding hydrogens is 212 g/mol. The number of benzene rings is 1. The van der Waals surface area contributed by atoms with Crippen LogP contribution < -0.4 is 10.6 Å². The SMILES string of the molecule is O=C1NCC2(CCC(c3ccccc3)CC2)N1. The minimum Gasteiger partial charge on any atom is -0.336 e. The third-order valence-corrected chi connectivity index (χ3v) is 4.18. The first-order valence-corrected chi connectivity index (χ1v) is 6.38. The van der Waals surface area contributed by atoms with Crippen LogP contribution in [0.25, 0.3) is 0 Å². The first-order chi connectivity index (χ1) is 8.27. The van der Waals surface area contributed by atoms with Gasteiger partial charge in [-0.25, -0.2) is 4.79 Å². The van der Waals surface area contributed by atoms with Gasteiger partial charge in [-0.05, 0) is 37.2 Å². The monoisotopic (exact) mass is 230 g/mol. The van der Waals surface area contributed by atoms with Crippen molar-refractivity contribution in [3.05, 3.63) is 35.9 Å². The minimum atomic E-state index is 0.00293. The van der Waals surface area contributed by atoms with Crippen molar-refractivity contribution in [1.29, 1.82) is 0 Å². The number of rotatable bonds is 1. The van der Waals surface area contributed by atoms with Gasteiger partial charge in [-0.2, -0.15) is 0 Å². The summed E-state index contributed by atoms with van der Waals surface area (Å²) < 4.78 is 0. The highest BCUT2D eigenvalue weighted by atomic mass is 16.2. The zero-order valence-corrected chi connectivity index (χ0v) is 9.91. The molecule has 1 aliphatic heterocycles. The Kier molecular flexibility index (Phi) is 2.54. The van der Waals surface area contributed by atoms with E-state index in [4.69, 9.17) is 0 Å². The predicted octanol–water partition coefficient (Wildman–Crippen LogP) is 2.40. The number of hydrogen-bond acceptors (Lipinski definition) is 1. The highest BCUT2D eigenvalue weighted by Gasteiger charge is 2.40. The van der Waals surface area contributed by atoms with Crippen molar-refractivity contribution in [2.75, 3.05) is 6.54 Å². The average Bonchev–Trinajstić information content (AvgIpc) is 2.73. The van der Waals surface area contributed by atoms with Crippen molar-refractivity contribution in [3.8, 4) is 0 Å². The summed E-state index contributed by atoms with van der Waals surface area (Å²) >= 11 is 0. The fourth-order valence-electron chi connectivity index (χ4n) is 3.11. The van der Waals surface area contributed by atoms with E-state index >= 15 is 0 Å². The Morgan fingerprint density at radius 3 is 2.41 bits per heavy atom. The molecule has 0 bridgehead atoms. The lowest BCUT2D eigenvalue weighted by Crippen LogP contribution is -2.46. The number of hydrogen-bond donors (Lipinski definition) is 2. The van der Waals surface area contributed by atoms with E-state index in [1.807, 2.05) is 0 Å². The third-order valence-electron chi connectivity index (χ3n) is 4.18. The third kappa shape index (κ3) is 2.02. The molecule has 17 heavy (non-hydrogen) atoms. The second-order valence-electron chi connectivity index (χ2n) is 5.27. The van der Waals surface area contributed by atoms with Gasteiger partial charge in [-0.3, -0.25) is 0 Å². The lowest BCUT2D eigenvalue weighted by Gasteiger charge is -2.36. The van der Waals surface area contributed by atoms with E-state index < -0.39 is 0 Å². The fraction of sp³-hybridized carbons (Fsp3) is 0.500. The maximum absolute atomic E-state index is 11.2. The van der Waals surface area contributed by atoms with E-state index in [9.17, 15) is 4.79 Å². The van der Waals surface area contributed by atoms with Gasteiger partial charge in [-0.15, -0.1) is 0 Å². The van der Waals surface area contributed by atoms with Gasteiger partial charge >= 0.3 is 6.03 Å². The van der Waals surface area contributed by atoms with Crippen molar-refractivity contribution < 1.29 is 4.79 Å². The molecule has 2 aliphatic rings. The van der Waals surface area contributed by atoms with Crippen molar-refractivity contribution in [3.63, 3.8) is 0 Å². The molecule has 2 fully saturated rings. The van der Waals surface area contributed by atoms with Crippen molar-refractivity contribution in [2.45, 2.75) is 37.1 Å². The summed E-state index contributed by atoms with van der Waals surface area (Å²) in [7, 11) is 0. The summed E-state index contributed by atoms with van der Waals surface area (Å²) in [5, 5.41) is 5.98. The highest BCUT2D eigenvalue weighted by Crippen LogP contribution is 2.38. The number of nitrogens with one attached hydrogen (secondary N) is 2. The minimum absolute atomic E-state index is 0.00293. The Bertz CT molecular complexity index is 407. The predicted molar refractivity (Wildman–Crippen MR) is 66.9 cm³/mol. The smallest absolute Gasteiger partial charge is 0.315 e. The van der Waals surface area contributed by atoms with Crippen LogP contribution in [0.1, 0.15) is 37.2 Å². The molecule has 0 unspecified atom stereocenters. The largest absolute Gasteiger partial charge is 0.336 e. The lowest BCUT2D eigenvalue weighted by atomic mass is 9.74. The Labute approximate surface area is 102 Å². The Balaban J connectivity index is 1.67. The highest BCUT2D eigenvalue weighted by molar-refractivity contribution is 5.77. The van der Waals surface area contributed by atoms with Crippen LogP contribution in [0.3, 0.4) is 0 Å².